The average molecular weight is 293 g/mol. The second kappa shape index (κ2) is 8.82. The van der Waals surface area contributed by atoms with E-state index in [0.29, 0.717) is 11.5 Å². The van der Waals surface area contributed by atoms with Gasteiger partial charge in [-0.05, 0) is 0 Å². The van der Waals surface area contributed by atoms with Crippen LogP contribution in [0.5, 0.6) is 0 Å². The van der Waals surface area contributed by atoms with Gasteiger partial charge in [0.15, 0.2) is 0 Å². The van der Waals surface area contributed by atoms with E-state index in [2.05, 4.69) is 10.1 Å². The summed E-state index contributed by atoms with van der Waals surface area (Å²) in [7, 11) is 1.23. The average Bonchev–Trinajstić information content (AvgIpc) is 2.49. The quantitative estimate of drug-likeness (QED) is 0.368. The number of rotatable bonds is 6. The van der Waals surface area contributed by atoms with E-state index in [9.17, 15) is 9.59 Å². The Bertz CT molecular complexity index is 499. The van der Waals surface area contributed by atoms with Gasteiger partial charge in [-0.25, -0.2) is 9.59 Å². The third-order valence-electron chi connectivity index (χ3n) is 2.22. The largest absolute Gasteiger partial charge is 0.466 e. The maximum Gasteiger partial charge on any atom is 0.331 e. The van der Waals surface area contributed by atoms with Crippen molar-refractivity contribution in [3.63, 3.8) is 0 Å². The number of carbonyl (C=O) groups is 2. The van der Waals surface area contributed by atoms with Gasteiger partial charge in [0.25, 0.3) is 0 Å². The van der Waals surface area contributed by atoms with Gasteiger partial charge in [0.1, 0.15) is 11.6 Å². The summed E-state index contributed by atoms with van der Waals surface area (Å²) in [5.74, 6) is -1.21. The molecule has 0 radical (unpaired) electrons. The zero-order chi connectivity index (χ0) is 14.8. The van der Waals surface area contributed by atoms with Crippen LogP contribution in [0.25, 0.3) is 0 Å². The van der Waals surface area contributed by atoms with E-state index >= 15 is 0 Å². The molecule has 1 N–H and O–H groups in total. The summed E-state index contributed by atoms with van der Waals surface area (Å²) in [6.45, 7) is 0.544. The lowest BCUT2D eigenvalue weighted by molar-refractivity contribution is -0.139. The number of esters is 2. The molecule has 0 aliphatic heterocycles. The molecule has 0 fully saturated rings. The van der Waals surface area contributed by atoms with E-state index in [1.165, 1.54) is 7.11 Å². The molecule has 0 bridgehead atoms. The lowest BCUT2D eigenvalue weighted by Crippen LogP contribution is -2.27. The molecule has 0 heterocycles. The molecule has 106 valence electrons. The van der Waals surface area contributed by atoms with Crippen molar-refractivity contribution in [2.24, 2.45) is 0 Å². The van der Waals surface area contributed by atoms with Gasteiger partial charge < -0.3 is 14.8 Å². The molecular formula is C14H15NO4S. The molecule has 0 spiro atoms. The van der Waals surface area contributed by atoms with E-state index < -0.39 is 11.9 Å². The van der Waals surface area contributed by atoms with Gasteiger partial charge in [-0.2, -0.15) is 0 Å². The minimum Gasteiger partial charge on any atom is -0.466 e. The Morgan fingerprint density at radius 2 is 1.85 bits per heavy atom. The molecule has 1 aromatic carbocycles. The van der Waals surface area contributed by atoms with E-state index in [-0.39, 0.29) is 6.61 Å². The Morgan fingerprint density at radius 1 is 1.20 bits per heavy atom. The first kappa shape index (κ1) is 15.8. The number of hydrogen-bond donors (Lipinski definition) is 1. The highest BCUT2D eigenvalue weighted by Crippen LogP contribution is 1.98. The van der Waals surface area contributed by atoms with Crippen LogP contribution in [-0.2, 0) is 19.1 Å². The number of nitrogens with one attached hydrogen (secondary N) is 1. The zero-order valence-electron chi connectivity index (χ0n) is 11.0. The molecule has 0 saturated heterocycles. The maximum absolute atomic E-state index is 11.2. The monoisotopic (exact) mass is 293 g/mol. The molecule has 6 heteroatoms. The lowest BCUT2D eigenvalue weighted by atomic mass is 10.2. The molecule has 5 nitrogen and oxygen atoms in total. The Labute approximate surface area is 122 Å². The molecule has 0 aliphatic rings. The summed E-state index contributed by atoms with van der Waals surface area (Å²) in [6, 6.07) is 9.46. The normalized spacial score (nSPS) is 10.1. The molecule has 0 aliphatic carbocycles. The van der Waals surface area contributed by atoms with Gasteiger partial charge in [-0.15, -0.1) is 0 Å². The van der Waals surface area contributed by atoms with Crippen LogP contribution in [0.1, 0.15) is 5.56 Å². The fourth-order valence-electron chi connectivity index (χ4n) is 1.26. The molecule has 0 saturated carbocycles. The van der Waals surface area contributed by atoms with Gasteiger partial charge >= 0.3 is 11.9 Å². The zero-order valence-corrected chi connectivity index (χ0v) is 11.8. The predicted octanol–water partition coefficient (Wildman–Crippen LogP) is 1.22. The number of benzene rings is 1. The highest BCUT2D eigenvalue weighted by atomic mass is 32.1. The van der Waals surface area contributed by atoms with Crippen LogP contribution in [0.4, 0.5) is 0 Å². The summed E-state index contributed by atoms with van der Waals surface area (Å²) in [6.07, 6.45) is 2.02. The first-order valence-electron chi connectivity index (χ1n) is 5.89. The number of ether oxygens (including phenoxy) is 2. The second-order valence-electron chi connectivity index (χ2n) is 3.65. The smallest absolute Gasteiger partial charge is 0.331 e. The Balaban J connectivity index is 2.22. The van der Waals surface area contributed by atoms with Crippen LogP contribution < -0.4 is 5.32 Å². The summed E-state index contributed by atoms with van der Waals surface area (Å²) < 4.78 is 9.21. The van der Waals surface area contributed by atoms with Gasteiger partial charge in [0, 0.05) is 24.3 Å². The number of hydrogen-bond acceptors (Lipinski definition) is 5. The number of methoxy groups -OCH3 is 1. The molecule has 0 unspecified atom stereocenters. The van der Waals surface area contributed by atoms with Crippen LogP contribution in [0, 0.1) is 0 Å². The first-order chi connectivity index (χ1) is 9.63. The van der Waals surface area contributed by atoms with Crippen LogP contribution in [0.3, 0.4) is 0 Å². The Hall–Kier alpha value is -2.21. The van der Waals surface area contributed by atoms with E-state index in [4.69, 9.17) is 17.0 Å². The highest BCUT2D eigenvalue weighted by Gasteiger charge is 2.01. The third-order valence-corrected chi connectivity index (χ3v) is 2.60. The molecule has 0 aromatic heterocycles. The number of thiocarbonyl (C=S) groups is 1. The van der Waals surface area contributed by atoms with Crippen molar-refractivity contribution in [2.45, 2.75) is 0 Å². The highest BCUT2D eigenvalue weighted by molar-refractivity contribution is 7.80. The molecule has 0 amide bonds. The summed E-state index contributed by atoms with van der Waals surface area (Å²) in [5, 5.41) is 2.97. The van der Waals surface area contributed by atoms with Crippen LogP contribution in [0.15, 0.2) is 42.5 Å². The molecular weight excluding hydrogens is 278 g/mol. The Kier molecular flexibility index (Phi) is 6.99. The van der Waals surface area contributed by atoms with Crippen molar-refractivity contribution in [2.75, 3.05) is 20.3 Å². The number of carbonyl (C=O) groups excluding carboxylic acids is 2. The van der Waals surface area contributed by atoms with Gasteiger partial charge in [0.2, 0.25) is 0 Å². The first-order valence-corrected chi connectivity index (χ1v) is 6.30. The van der Waals surface area contributed by atoms with Gasteiger partial charge in [-0.3, -0.25) is 0 Å². The van der Waals surface area contributed by atoms with Crippen LogP contribution in [-0.4, -0.2) is 37.2 Å². The fraction of sp³-hybridized carbons (Fsp3) is 0.214. The van der Waals surface area contributed by atoms with E-state index in [1.54, 1.807) is 0 Å². The van der Waals surface area contributed by atoms with Crippen molar-refractivity contribution in [3.8, 4) is 0 Å². The van der Waals surface area contributed by atoms with Crippen molar-refractivity contribution in [3.05, 3.63) is 48.0 Å². The fourth-order valence-corrected chi connectivity index (χ4v) is 1.50. The molecule has 20 heavy (non-hydrogen) atoms. The summed E-state index contributed by atoms with van der Waals surface area (Å²) >= 11 is 5.17. The van der Waals surface area contributed by atoms with Crippen molar-refractivity contribution in [1.82, 2.24) is 5.32 Å². The molecule has 1 aromatic rings. The summed E-state index contributed by atoms with van der Waals surface area (Å²) in [5.41, 5.74) is 0.902. The second-order valence-corrected chi connectivity index (χ2v) is 4.05. The standard InChI is InChI=1S/C14H15NO4S/c1-18-12(16)7-8-13(17)19-10-9-15-14(20)11-5-3-2-4-6-11/h2-8H,9-10H2,1H3,(H,15,20)/b8-7+. The van der Waals surface area contributed by atoms with E-state index in [0.717, 1.165) is 17.7 Å². The minimum absolute atomic E-state index is 0.150. The van der Waals surface area contributed by atoms with Gasteiger partial charge in [-0.1, -0.05) is 42.5 Å². The third kappa shape index (κ3) is 6.10. The minimum atomic E-state index is -0.608. The van der Waals surface area contributed by atoms with Crippen LogP contribution >= 0.6 is 12.2 Å². The maximum atomic E-state index is 11.2. The molecule has 0 atom stereocenters. The molecule has 1 rings (SSSR count). The van der Waals surface area contributed by atoms with Crippen molar-refractivity contribution >= 4 is 29.1 Å². The lowest BCUT2D eigenvalue weighted by Gasteiger charge is -2.07. The van der Waals surface area contributed by atoms with Crippen molar-refractivity contribution < 1.29 is 19.1 Å². The van der Waals surface area contributed by atoms with Gasteiger partial charge in [0.05, 0.1) is 7.11 Å². The van der Waals surface area contributed by atoms with Crippen molar-refractivity contribution in [1.29, 1.82) is 0 Å². The topological polar surface area (TPSA) is 64.6 Å². The summed E-state index contributed by atoms with van der Waals surface area (Å²) in [4.78, 5) is 22.5. The SMILES string of the molecule is COC(=O)/C=C/C(=O)OCCNC(=S)c1ccccc1. The van der Waals surface area contributed by atoms with E-state index in [1.807, 2.05) is 30.3 Å². The Morgan fingerprint density at radius 3 is 2.50 bits per heavy atom. The van der Waals surface area contributed by atoms with Crippen LogP contribution in [0.2, 0.25) is 0 Å². The predicted molar refractivity (Wildman–Crippen MR) is 78.3 cm³/mol.